The topological polar surface area (TPSA) is 51.2 Å². The highest BCUT2D eigenvalue weighted by Gasteiger charge is 2.10. The molecule has 0 saturated carbocycles. The molecule has 3 aromatic rings. The average molecular weight is 381 g/mol. The van der Waals surface area contributed by atoms with Crippen LogP contribution in [0.4, 0.5) is 0 Å². The normalized spacial score (nSPS) is 10.7. The van der Waals surface area contributed by atoms with Crippen LogP contribution in [0.15, 0.2) is 41.8 Å². The molecular formula is C22H24N2O2S. The minimum Gasteiger partial charge on any atom is -0.483 e. The number of aromatic nitrogens is 1. The van der Waals surface area contributed by atoms with Gasteiger partial charge in [-0.3, -0.25) is 4.79 Å². The summed E-state index contributed by atoms with van der Waals surface area (Å²) in [6, 6.07) is 12.2. The Hall–Kier alpha value is -2.66. The molecule has 27 heavy (non-hydrogen) atoms. The van der Waals surface area contributed by atoms with E-state index in [1.165, 1.54) is 5.56 Å². The quantitative estimate of drug-likeness (QED) is 0.672. The molecule has 0 radical (unpaired) electrons. The molecule has 0 spiro atoms. The Morgan fingerprint density at radius 3 is 2.67 bits per heavy atom. The van der Waals surface area contributed by atoms with Crippen LogP contribution >= 0.6 is 11.3 Å². The lowest BCUT2D eigenvalue weighted by Crippen LogP contribution is -2.28. The predicted molar refractivity (Wildman–Crippen MR) is 110 cm³/mol. The van der Waals surface area contributed by atoms with Gasteiger partial charge in [-0.25, -0.2) is 4.98 Å². The minimum atomic E-state index is -0.154. The summed E-state index contributed by atoms with van der Waals surface area (Å²) < 4.78 is 5.71. The van der Waals surface area contributed by atoms with Gasteiger partial charge in [-0.2, -0.15) is 0 Å². The third-order valence-corrected chi connectivity index (χ3v) is 5.44. The van der Waals surface area contributed by atoms with E-state index in [0.29, 0.717) is 6.54 Å². The van der Waals surface area contributed by atoms with Gasteiger partial charge in [0.05, 0.1) is 12.2 Å². The molecular weight excluding hydrogens is 356 g/mol. The molecule has 1 aromatic heterocycles. The summed E-state index contributed by atoms with van der Waals surface area (Å²) >= 11 is 1.59. The molecule has 5 heteroatoms. The third kappa shape index (κ3) is 4.74. The third-order valence-electron chi connectivity index (χ3n) is 4.52. The van der Waals surface area contributed by atoms with Gasteiger partial charge in [0, 0.05) is 10.9 Å². The van der Waals surface area contributed by atoms with E-state index in [1.54, 1.807) is 11.3 Å². The lowest BCUT2D eigenvalue weighted by atomic mass is 10.1. The first-order chi connectivity index (χ1) is 12.9. The number of hydrogen-bond acceptors (Lipinski definition) is 4. The lowest BCUT2D eigenvalue weighted by molar-refractivity contribution is -0.123. The Labute approximate surface area is 164 Å². The molecule has 0 unspecified atom stereocenters. The number of rotatable bonds is 6. The molecule has 4 nitrogen and oxygen atoms in total. The van der Waals surface area contributed by atoms with Crippen molar-refractivity contribution in [1.82, 2.24) is 10.3 Å². The fourth-order valence-corrected chi connectivity index (χ4v) is 3.77. The Kier molecular flexibility index (Phi) is 5.91. The molecule has 3 rings (SSSR count). The minimum absolute atomic E-state index is 0.00147. The monoisotopic (exact) mass is 380 g/mol. The van der Waals surface area contributed by atoms with Gasteiger partial charge in [0.15, 0.2) is 6.61 Å². The maximum Gasteiger partial charge on any atom is 0.258 e. The molecule has 140 valence electrons. The molecule has 1 amide bonds. The fraction of sp³-hybridized carbons (Fsp3) is 0.273. The number of carbonyl (C=O) groups excluding carboxylic acids is 1. The second-order valence-electron chi connectivity index (χ2n) is 6.73. The highest BCUT2D eigenvalue weighted by atomic mass is 32.1. The van der Waals surface area contributed by atoms with Gasteiger partial charge in [-0.15, -0.1) is 11.3 Å². The molecule has 0 aliphatic heterocycles. The van der Waals surface area contributed by atoms with Gasteiger partial charge < -0.3 is 10.1 Å². The summed E-state index contributed by atoms with van der Waals surface area (Å²) in [6.45, 7) is 8.54. The van der Waals surface area contributed by atoms with Crippen LogP contribution in [0.1, 0.15) is 27.9 Å². The zero-order chi connectivity index (χ0) is 19.4. The summed E-state index contributed by atoms with van der Waals surface area (Å²) in [6.07, 6.45) is 0. The van der Waals surface area contributed by atoms with E-state index in [4.69, 9.17) is 4.74 Å². The molecule has 0 bridgehead atoms. The van der Waals surface area contributed by atoms with Crippen LogP contribution in [0.5, 0.6) is 5.75 Å². The van der Waals surface area contributed by atoms with Crippen molar-refractivity contribution in [2.24, 2.45) is 0 Å². The highest BCUT2D eigenvalue weighted by Crippen LogP contribution is 2.26. The lowest BCUT2D eigenvalue weighted by Gasteiger charge is -2.12. The summed E-state index contributed by atoms with van der Waals surface area (Å²) in [5, 5.41) is 5.83. The molecule has 0 aliphatic carbocycles. The predicted octanol–water partition coefficient (Wildman–Crippen LogP) is 4.74. The van der Waals surface area contributed by atoms with Crippen molar-refractivity contribution in [2.75, 3.05) is 6.61 Å². The van der Waals surface area contributed by atoms with E-state index in [1.807, 2.05) is 44.4 Å². The van der Waals surface area contributed by atoms with Gasteiger partial charge in [0.1, 0.15) is 10.8 Å². The highest BCUT2D eigenvalue weighted by molar-refractivity contribution is 7.13. The average Bonchev–Trinajstić information content (AvgIpc) is 3.11. The Morgan fingerprint density at radius 1 is 1.11 bits per heavy atom. The largest absolute Gasteiger partial charge is 0.483 e. The SMILES string of the molecule is Cc1cc(C)c(C)c(OCC(=O)NCc2csc(-c3ccccc3C)n2)c1. The molecule has 0 aliphatic rings. The molecule has 0 saturated heterocycles. The first-order valence-corrected chi connectivity index (χ1v) is 9.80. The molecule has 1 heterocycles. The van der Waals surface area contributed by atoms with Crippen LogP contribution in [0.3, 0.4) is 0 Å². The first-order valence-electron chi connectivity index (χ1n) is 8.92. The summed E-state index contributed by atoms with van der Waals surface area (Å²) in [7, 11) is 0. The second kappa shape index (κ2) is 8.35. The number of carbonyl (C=O) groups is 1. The van der Waals surface area contributed by atoms with Crippen LogP contribution in [0, 0.1) is 27.7 Å². The van der Waals surface area contributed by atoms with Crippen LogP contribution < -0.4 is 10.1 Å². The van der Waals surface area contributed by atoms with E-state index < -0.39 is 0 Å². The zero-order valence-electron chi connectivity index (χ0n) is 16.1. The smallest absolute Gasteiger partial charge is 0.258 e. The first kappa shape index (κ1) is 19.1. The number of amides is 1. The van der Waals surface area contributed by atoms with Crippen molar-refractivity contribution < 1.29 is 9.53 Å². The number of benzene rings is 2. The maximum atomic E-state index is 12.1. The van der Waals surface area contributed by atoms with E-state index in [9.17, 15) is 4.79 Å². The molecule has 0 fully saturated rings. The molecule has 1 N–H and O–H groups in total. The van der Waals surface area contributed by atoms with Gasteiger partial charge in [-0.05, 0) is 56.0 Å². The number of nitrogens with one attached hydrogen (secondary N) is 1. The summed E-state index contributed by atoms with van der Waals surface area (Å²) in [5.41, 5.74) is 6.54. The van der Waals surface area contributed by atoms with Crippen molar-refractivity contribution in [2.45, 2.75) is 34.2 Å². The van der Waals surface area contributed by atoms with E-state index in [0.717, 1.165) is 38.7 Å². The van der Waals surface area contributed by atoms with Gasteiger partial charge in [0.25, 0.3) is 5.91 Å². The molecule has 0 atom stereocenters. The number of aryl methyl sites for hydroxylation is 3. The number of nitrogens with zero attached hydrogens (tertiary/aromatic N) is 1. The second-order valence-corrected chi connectivity index (χ2v) is 7.59. The fourth-order valence-electron chi connectivity index (χ4n) is 2.86. The summed E-state index contributed by atoms with van der Waals surface area (Å²) in [5.74, 6) is 0.608. The summed E-state index contributed by atoms with van der Waals surface area (Å²) in [4.78, 5) is 16.8. The van der Waals surface area contributed by atoms with E-state index in [-0.39, 0.29) is 12.5 Å². The Balaban J connectivity index is 1.55. The van der Waals surface area contributed by atoms with Gasteiger partial charge in [0.2, 0.25) is 0 Å². The van der Waals surface area contributed by atoms with Crippen LogP contribution in [0.2, 0.25) is 0 Å². The van der Waals surface area contributed by atoms with Gasteiger partial charge in [-0.1, -0.05) is 30.3 Å². The van der Waals surface area contributed by atoms with Gasteiger partial charge >= 0.3 is 0 Å². The van der Waals surface area contributed by atoms with Crippen molar-refractivity contribution in [3.63, 3.8) is 0 Å². The Morgan fingerprint density at radius 2 is 1.89 bits per heavy atom. The number of ether oxygens (including phenoxy) is 1. The van der Waals surface area contributed by atoms with Crippen LogP contribution in [-0.4, -0.2) is 17.5 Å². The zero-order valence-corrected chi connectivity index (χ0v) is 16.9. The van der Waals surface area contributed by atoms with Crippen molar-refractivity contribution in [3.05, 3.63) is 69.7 Å². The number of hydrogen-bond donors (Lipinski definition) is 1. The molecule has 2 aromatic carbocycles. The van der Waals surface area contributed by atoms with Crippen molar-refractivity contribution in [1.29, 1.82) is 0 Å². The van der Waals surface area contributed by atoms with Crippen molar-refractivity contribution in [3.8, 4) is 16.3 Å². The van der Waals surface area contributed by atoms with E-state index >= 15 is 0 Å². The Bertz CT molecular complexity index is 963. The van der Waals surface area contributed by atoms with Crippen LogP contribution in [-0.2, 0) is 11.3 Å². The van der Waals surface area contributed by atoms with Crippen LogP contribution in [0.25, 0.3) is 10.6 Å². The van der Waals surface area contributed by atoms with E-state index in [2.05, 4.69) is 35.4 Å². The van der Waals surface area contributed by atoms with Crippen molar-refractivity contribution >= 4 is 17.2 Å². The standard InChI is InChI=1S/C22H24N2O2S/c1-14-9-16(3)17(4)20(10-14)26-12-21(25)23-11-18-13-27-22(24-18)19-8-6-5-7-15(19)2/h5-10,13H,11-12H2,1-4H3,(H,23,25). The number of thiazole rings is 1. The maximum absolute atomic E-state index is 12.1.